The summed E-state index contributed by atoms with van der Waals surface area (Å²) >= 11 is 6.32. The second kappa shape index (κ2) is 4.81. The predicted molar refractivity (Wildman–Crippen MR) is 70.5 cm³/mol. The molecule has 1 aromatic carbocycles. The highest BCUT2D eigenvalue weighted by Crippen LogP contribution is 2.46. The molecule has 1 aliphatic carbocycles. The molecule has 1 N–H and O–H groups in total. The summed E-state index contributed by atoms with van der Waals surface area (Å²) in [6, 6.07) is 3.60. The van der Waals surface area contributed by atoms with Crippen LogP contribution in [0, 0.1) is 6.92 Å². The van der Waals surface area contributed by atoms with E-state index in [1.54, 1.807) is 13.2 Å². The second-order valence-electron chi connectivity index (χ2n) is 4.90. The zero-order valence-corrected chi connectivity index (χ0v) is 11.4. The summed E-state index contributed by atoms with van der Waals surface area (Å²) in [5, 5.41) is 10.2. The SMILES string of the molecule is COc1cc(C)c(Cl)c(C2(C(=O)O)CCCC2)c1. The van der Waals surface area contributed by atoms with E-state index in [2.05, 4.69) is 0 Å². The van der Waals surface area contributed by atoms with Crippen molar-refractivity contribution < 1.29 is 14.6 Å². The smallest absolute Gasteiger partial charge is 0.314 e. The van der Waals surface area contributed by atoms with Crippen LogP contribution in [0.3, 0.4) is 0 Å². The highest BCUT2D eigenvalue weighted by atomic mass is 35.5. The van der Waals surface area contributed by atoms with Crippen LogP contribution in [0.25, 0.3) is 0 Å². The molecule has 0 radical (unpaired) electrons. The molecule has 1 fully saturated rings. The van der Waals surface area contributed by atoms with Crippen LogP contribution in [0.5, 0.6) is 5.75 Å². The fourth-order valence-electron chi connectivity index (χ4n) is 2.78. The largest absolute Gasteiger partial charge is 0.497 e. The van der Waals surface area contributed by atoms with Crippen molar-refractivity contribution in [2.24, 2.45) is 0 Å². The van der Waals surface area contributed by atoms with Gasteiger partial charge in [0.15, 0.2) is 0 Å². The van der Waals surface area contributed by atoms with Crippen molar-refractivity contribution in [3.8, 4) is 5.75 Å². The van der Waals surface area contributed by atoms with Crippen LogP contribution in [0.15, 0.2) is 12.1 Å². The van der Waals surface area contributed by atoms with Crippen molar-refractivity contribution in [2.75, 3.05) is 7.11 Å². The summed E-state index contributed by atoms with van der Waals surface area (Å²) in [4.78, 5) is 11.7. The first kappa shape index (κ1) is 13.2. The van der Waals surface area contributed by atoms with Crippen molar-refractivity contribution in [3.05, 3.63) is 28.3 Å². The Labute approximate surface area is 112 Å². The van der Waals surface area contributed by atoms with E-state index in [1.165, 1.54) is 0 Å². The van der Waals surface area contributed by atoms with Crippen molar-refractivity contribution in [1.29, 1.82) is 0 Å². The Bertz CT molecular complexity index is 476. The molecule has 1 aliphatic rings. The van der Waals surface area contributed by atoms with Crippen molar-refractivity contribution in [3.63, 3.8) is 0 Å². The molecular weight excluding hydrogens is 252 g/mol. The molecule has 3 nitrogen and oxygen atoms in total. The minimum Gasteiger partial charge on any atom is -0.497 e. The molecule has 4 heteroatoms. The molecule has 1 saturated carbocycles. The maximum Gasteiger partial charge on any atom is 0.314 e. The number of ether oxygens (including phenoxy) is 1. The Kier molecular flexibility index (Phi) is 3.53. The highest BCUT2D eigenvalue weighted by Gasteiger charge is 2.44. The van der Waals surface area contributed by atoms with E-state index >= 15 is 0 Å². The van der Waals surface area contributed by atoms with Gasteiger partial charge in [-0.05, 0) is 43.0 Å². The summed E-state index contributed by atoms with van der Waals surface area (Å²) in [7, 11) is 1.58. The Morgan fingerprint density at radius 3 is 2.50 bits per heavy atom. The van der Waals surface area contributed by atoms with Gasteiger partial charge < -0.3 is 9.84 Å². The highest BCUT2D eigenvalue weighted by molar-refractivity contribution is 6.32. The Morgan fingerprint density at radius 2 is 2.00 bits per heavy atom. The number of benzene rings is 1. The van der Waals surface area contributed by atoms with Gasteiger partial charge in [0.1, 0.15) is 5.75 Å². The van der Waals surface area contributed by atoms with Gasteiger partial charge in [0, 0.05) is 5.02 Å². The van der Waals surface area contributed by atoms with Gasteiger partial charge in [-0.3, -0.25) is 4.79 Å². The molecule has 2 rings (SSSR count). The lowest BCUT2D eigenvalue weighted by atomic mass is 9.78. The summed E-state index contributed by atoms with van der Waals surface area (Å²) in [5.41, 5.74) is 0.723. The molecule has 0 aliphatic heterocycles. The van der Waals surface area contributed by atoms with Gasteiger partial charge in [0.2, 0.25) is 0 Å². The molecule has 0 saturated heterocycles. The molecule has 0 spiro atoms. The van der Waals surface area contributed by atoms with E-state index in [4.69, 9.17) is 16.3 Å². The van der Waals surface area contributed by atoms with E-state index in [9.17, 15) is 9.90 Å². The lowest BCUT2D eigenvalue weighted by molar-refractivity contribution is -0.143. The number of hydrogen-bond acceptors (Lipinski definition) is 2. The van der Waals surface area contributed by atoms with Crippen LogP contribution in [-0.4, -0.2) is 18.2 Å². The van der Waals surface area contributed by atoms with Crippen LogP contribution in [0.2, 0.25) is 5.02 Å². The number of carbonyl (C=O) groups is 1. The number of aliphatic carboxylic acids is 1. The molecule has 0 heterocycles. The van der Waals surface area contributed by atoms with Crippen molar-refractivity contribution in [2.45, 2.75) is 38.0 Å². The fraction of sp³-hybridized carbons (Fsp3) is 0.500. The van der Waals surface area contributed by atoms with Gasteiger partial charge >= 0.3 is 5.97 Å². The maximum atomic E-state index is 11.7. The molecular formula is C14H17ClO3. The molecule has 0 aromatic heterocycles. The topological polar surface area (TPSA) is 46.5 Å². The molecule has 18 heavy (non-hydrogen) atoms. The number of halogens is 1. The number of rotatable bonds is 3. The summed E-state index contributed by atoms with van der Waals surface area (Å²) in [6.07, 6.45) is 3.15. The van der Waals surface area contributed by atoms with Gasteiger partial charge in [-0.1, -0.05) is 24.4 Å². The maximum absolute atomic E-state index is 11.7. The molecule has 0 atom stereocenters. The zero-order chi connectivity index (χ0) is 13.3. The number of carboxylic acids is 1. The second-order valence-corrected chi connectivity index (χ2v) is 5.28. The predicted octanol–water partition coefficient (Wildman–Crippen LogP) is 3.55. The third-order valence-corrected chi connectivity index (χ3v) is 4.35. The third-order valence-electron chi connectivity index (χ3n) is 3.85. The fourth-order valence-corrected chi connectivity index (χ4v) is 3.07. The minimum absolute atomic E-state index is 0.556. The van der Waals surface area contributed by atoms with Gasteiger partial charge in [-0.15, -0.1) is 0 Å². The number of carboxylic acid groups (broad SMARTS) is 1. The monoisotopic (exact) mass is 268 g/mol. The molecule has 1 aromatic rings. The molecule has 98 valence electrons. The van der Waals surface area contributed by atoms with Gasteiger partial charge in [0.05, 0.1) is 12.5 Å². The molecule has 0 amide bonds. The first-order chi connectivity index (χ1) is 8.51. The van der Waals surface area contributed by atoms with E-state index < -0.39 is 11.4 Å². The lowest BCUT2D eigenvalue weighted by Crippen LogP contribution is -2.33. The number of methoxy groups -OCH3 is 1. The Balaban J connectivity index is 2.61. The van der Waals surface area contributed by atoms with Crippen LogP contribution >= 0.6 is 11.6 Å². The summed E-state index contributed by atoms with van der Waals surface area (Å²) < 4.78 is 5.22. The quantitative estimate of drug-likeness (QED) is 0.912. The average molecular weight is 269 g/mol. The lowest BCUT2D eigenvalue weighted by Gasteiger charge is -2.26. The van der Waals surface area contributed by atoms with Crippen LogP contribution in [0.4, 0.5) is 0 Å². The Morgan fingerprint density at radius 1 is 1.39 bits per heavy atom. The van der Waals surface area contributed by atoms with Gasteiger partial charge in [-0.25, -0.2) is 0 Å². The van der Waals surface area contributed by atoms with E-state index in [-0.39, 0.29) is 0 Å². The third kappa shape index (κ3) is 1.97. The first-order valence-corrected chi connectivity index (χ1v) is 6.47. The van der Waals surface area contributed by atoms with Crippen LogP contribution < -0.4 is 4.74 Å². The van der Waals surface area contributed by atoms with Crippen molar-refractivity contribution >= 4 is 17.6 Å². The Hall–Kier alpha value is -1.22. The van der Waals surface area contributed by atoms with Crippen LogP contribution in [0.1, 0.15) is 36.8 Å². The first-order valence-electron chi connectivity index (χ1n) is 6.09. The van der Waals surface area contributed by atoms with Gasteiger partial charge in [0.25, 0.3) is 0 Å². The minimum atomic E-state index is -0.837. The standard InChI is InChI=1S/C14H17ClO3/c1-9-7-10(18-2)8-11(12(9)15)14(13(16)17)5-3-4-6-14/h7-8H,3-6H2,1-2H3,(H,16,17). The van der Waals surface area contributed by atoms with E-state index in [0.29, 0.717) is 29.2 Å². The van der Waals surface area contributed by atoms with E-state index in [1.807, 2.05) is 13.0 Å². The van der Waals surface area contributed by atoms with Crippen molar-refractivity contribution in [1.82, 2.24) is 0 Å². The summed E-state index contributed by atoms with van der Waals surface area (Å²) in [6.45, 7) is 1.87. The number of aryl methyl sites for hydroxylation is 1. The number of hydrogen-bond donors (Lipinski definition) is 1. The molecule has 0 unspecified atom stereocenters. The molecule has 0 bridgehead atoms. The average Bonchev–Trinajstić information content (AvgIpc) is 2.82. The normalized spacial score (nSPS) is 17.7. The zero-order valence-electron chi connectivity index (χ0n) is 10.6. The summed E-state index contributed by atoms with van der Waals surface area (Å²) in [5.74, 6) is -0.117. The van der Waals surface area contributed by atoms with Gasteiger partial charge in [-0.2, -0.15) is 0 Å². The van der Waals surface area contributed by atoms with E-state index in [0.717, 1.165) is 18.4 Å². The van der Waals surface area contributed by atoms with Crippen LogP contribution in [-0.2, 0) is 10.2 Å².